The maximum absolute atomic E-state index is 12.1. The zero-order chi connectivity index (χ0) is 13.9. The van der Waals surface area contributed by atoms with Crippen molar-refractivity contribution in [2.75, 3.05) is 11.6 Å². The van der Waals surface area contributed by atoms with Crippen molar-refractivity contribution in [1.82, 2.24) is 9.38 Å². The zero-order valence-corrected chi connectivity index (χ0v) is 11.7. The maximum Gasteiger partial charge on any atom is 0.275 e. The molecule has 0 saturated carbocycles. The molecule has 2 aromatic heterocycles. The molecule has 0 radical (unpaired) electrons. The van der Waals surface area contributed by atoms with E-state index in [0.717, 1.165) is 16.2 Å². The first-order chi connectivity index (χ1) is 9.76. The van der Waals surface area contributed by atoms with Gasteiger partial charge in [0.1, 0.15) is 11.3 Å². The van der Waals surface area contributed by atoms with Gasteiger partial charge in [0.05, 0.1) is 0 Å². The minimum absolute atomic E-state index is 0.203. The number of hydrogen-bond donors (Lipinski definition) is 1. The first kappa shape index (κ1) is 12.7. The van der Waals surface area contributed by atoms with Crippen LogP contribution in [0.4, 0.5) is 5.69 Å². The number of thioether (sulfide) groups is 1. The number of aromatic nitrogens is 2. The lowest BCUT2D eigenvalue weighted by Gasteiger charge is -2.01. The highest BCUT2D eigenvalue weighted by Gasteiger charge is 2.11. The Kier molecular flexibility index (Phi) is 3.43. The number of carbonyl (C=O) groups excluding carboxylic acids is 1. The summed E-state index contributed by atoms with van der Waals surface area (Å²) < 4.78 is 1.87. The Hall–Kier alpha value is -2.27. The lowest BCUT2D eigenvalue weighted by molar-refractivity contribution is 0.102. The van der Waals surface area contributed by atoms with E-state index < -0.39 is 0 Å². The molecule has 5 heteroatoms. The highest BCUT2D eigenvalue weighted by molar-refractivity contribution is 7.98. The Bertz CT molecular complexity index is 752. The van der Waals surface area contributed by atoms with Crippen LogP contribution in [0.1, 0.15) is 10.5 Å². The lowest BCUT2D eigenvalue weighted by atomic mass is 10.3. The van der Waals surface area contributed by atoms with Crippen LogP contribution in [0.3, 0.4) is 0 Å². The van der Waals surface area contributed by atoms with Crippen LogP contribution in [0.25, 0.3) is 5.65 Å². The predicted molar refractivity (Wildman–Crippen MR) is 81.4 cm³/mol. The molecule has 0 spiro atoms. The third-order valence-corrected chi connectivity index (χ3v) is 3.64. The van der Waals surface area contributed by atoms with Crippen LogP contribution in [-0.2, 0) is 0 Å². The molecule has 1 amide bonds. The SMILES string of the molecule is CSc1ccc2nc(C(=O)Nc3ccccc3)cn2c1. The van der Waals surface area contributed by atoms with Crippen molar-refractivity contribution in [2.24, 2.45) is 0 Å². The van der Waals surface area contributed by atoms with E-state index in [4.69, 9.17) is 0 Å². The number of rotatable bonds is 3. The van der Waals surface area contributed by atoms with Crippen LogP contribution in [0.15, 0.2) is 59.8 Å². The number of carbonyl (C=O) groups is 1. The fourth-order valence-corrected chi connectivity index (χ4v) is 2.34. The van der Waals surface area contributed by atoms with Crippen molar-refractivity contribution in [3.8, 4) is 0 Å². The Balaban J connectivity index is 1.88. The number of hydrogen-bond acceptors (Lipinski definition) is 3. The number of para-hydroxylation sites is 1. The Labute approximate surface area is 120 Å². The van der Waals surface area contributed by atoms with Crippen molar-refractivity contribution < 1.29 is 4.79 Å². The number of nitrogens with one attached hydrogen (secondary N) is 1. The van der Waals surface area contributed by atoms with Gasteiger partial charge in [-0.1, -0.05) is 18.2 Å². The molecule has 0 saturated heterocycles. The number of amides is 1. The molecule has 20 heavy (non-hydrogen) atoms. The van der Waals surface area contributed by atoms with Gasteiger partial charge in [-0.15, -0.1) is 11.8 Å². The number of benzene rings is 1. The third kappa shape index (κ3) is 2.53. The molecule has 100 valence electrons. The quantitative estimate of drug-likeness (QED) is 0.750. The molecule has 4 nitrogen and oxygen atoms in total. The highest BCUT2D eigenvalue weighted by Crippen LogP contribution is 2.16. The second-order valence-corrected chi connectivity index (χ2v) is 5.16. The standard InChI is InChI=1S/C15H13N3OS/c1-20-12-7-8-14-17-13(10-18(14)9-12)15(19)16-11-5-3-2-4-6-11/h2-10H,1H3,(H,16,19). The van der Waals surface area contributed by atoms with E-state index in [1.165, 1.54) is 0 Å². The zero-order valence-electron chi connectivity index (χ0n) is 10.9. The van der Waals surface area contributed by atoms with E-state index >= 15 is 0 Å². The van der Waals surface area contributed by atoms with Crippen LogP contribution in [-0.4, -0.2) is 21.5 Å². The third-order valence-electron chi connectivity index (χ3n) is 2.92. The van der Waals surface area contributed by atoms with Gasteiger partial charge in [-0.05, 0) is 30.5 Å². The number of anilines is 1. The van der Waals surface area contributed by atoms with E-state index in [-0.39, 0.29) is 5.91 Å². The van der Waals surface area contributed by atoms with Gasteiger partial charge >= 0.3 is 0 Å². The van der Waals surface area contributed by atoms with Gasteiger partial charge in [0.25, 0.3) is 5.91 Å². The Morgan fingerprint density at radius 2 is 1.95 bits per heavy atom. The summed E-state index contributed by atoms with van der Waals surface area (Å²) in [6.07, 6.45) is 5.72. The van der Waals surface area contributed by atoms with Crippen molar-refractivity contribution in [3.05, 3.63) is 60.6 Å². The molecule has 2 heterocycles. The van der Waals surface area contributed by atoms with Crippen molar-refractivity contribution in [2.45, 2.75) is 4.90 Å². The average molecular weight is 283 g/mol. The Morgan fingerprint density at radius 1 is 1.15 bits per heavy atom. The molecular formula is C15H13N3OS. The van der Waals surface area contributed by atoms with Gasteiger partial charge in [0.2, 0.25) is 0 Å². The molecule has 0 unspecified atom stereocenters. The summed E-state index contributed by atoms with van der Waals surface area (Å²) in [7, 11) is 0. The fourth-order valence-electron chi connectivity index (χ4n) is 1.92. The molecule has 0 aliphatic carbocycles. The first-order valence-electron chi connectivity index (χ1n) is 6.15. The van der Waals surface area contributed by atoms with E-state index in [0.29, 0.717) is 5.69 Å². The summed E-state index contributed by atoms with van der Waals surface area (Å²) in [5.74, 6) is -0.203. The summed E-state index contributed by atoms with van der Waals surface area (Å²) in [5, 5.41) is 2.83. The summed E-state index contributed by atoms with van der Waals surface area (Å²) >= 11 is 1.65. The molecular weight excluding hydrogens is 270 g/mol. The second kappa shape index (κ2) is 5.38. The smallest absolute Gasteiger partial charge is 0.275 e. The number of pyridine rings is 1. The molecule has 0 fully saturated rings. The molecule has 3 aromatic rings. The largest absolute Gasteiger partial charge is 0.321 e. The van der Waals surface area contributed by atoms with Crippen molar-refractivity contribution >= 4 is 29.0 Å². The molecule has 0 bridgehead atoms. The molecule has 3 rings (SSSR count). The average Bonchev–Trinajstić information content (AvgIpc) is 2.91. The number of nitrogens with zero attached hydrogens (tertiary/aromatic N) is 2. The van der Waals surface area contributed by atoms with Crippen LogP contribution < -0.4 is 5.32 Å². The lowest BCUT2D eigenvalue weighted by Crippen LogP contribution is -2.11. The fraction of sp³-hybridized carbons (Fsp3) is 0.0667. The normalized spacial score (nSPS) is 10.7. The molecule has 0 aliphatic rings. The number of imidazole rings is 1. The van der Waals surface area contributed by atoms with Gasteiger partial charge in [0.15, 0.2) is 0 Å². The van der Waals surface area contributed by atoms with Crippen molar-refractivity contribution in [1.29, 1.82) is 0 Å². The Morgan fingerprint density at radius 3 is 2.70 bits per heavy atom. The van der Waals surface area contributed by atoms with E-state index in [2.05, 4.69) is 10.3 Å². The van der Waals surface area contributed by atoms with E-state index in [9.17, 15) is 4.79 Å². The summed E-state index contributed by atoms with van der Waals surface area (Å²) in [4.78, 5) is 17.6. The minimum Gasteiger partial charge on any atom is -0.321 e. The minimum atomic E-state index is -0.203. The highest BCUT2D eigenvalue weighted by atomic mass is 32.2. The van der Waals surface area contributed by atoms with Gasteiger partial charge in [-0.3, -0.25) is 4.79 Å². The van der Waals surface area contributed by atoms with Gasteiger partial charge in [0, 0.05) is 23.0 Å². The van der Waals surface area contributed by atoms with Crippen LogP contribution in [0.2, 0.25) is 0 Å². The summed E-state index contributed by atoms with van der Waals surface area (Å²) in [6, 6.07) is 13.3. The van der Waals surface area contributed by atoms with Gasteiger partial charge in [-0.2, -0.15) is 0 Å². The van der Waals surface area contributed by atoms with Crippen LogP contribution in [0, 0.1) is 0 Å². The molecule has 0 atom stereocenters. The topological polar surface area (TPSA) is 46.4 Å². The molecule has 1 aromatic carbocycles. The predicted octanol–water partition coefficient (Wildman–Crippen LogP) is 3.31. The van der Waals surface area contributed by atoms with Crippen molar-refractivity contribution in [3.63, 3.8) is 0 Å². The van der Waals surface area contributed by atoms with Gasteiger partial charge in [-0.25, -0.2) is 4.98 Å². The van der Waals surface area contributed by atoms with Gasteiger partial charge < -0.3 is 9.72 Å². The summed E-state index contributed by atoms with van der Waals surface area (Å²) in [5.41, 5.74) is 1.94. The van der Waals surface area contributed by atoms with Crippen LogP contribution in [0.5, 0.6) is 0 Å². The molecule has 0 aliphatic heterocycles. The second-order valence-electron chi connectivity index (χ2n) is 4.28. The number of fused-ring (bicyclic) bond motifs is 1. The maximum atomic E-state index is 12.1. The van der Waals surface area contributed by atoms with Crippen LogP contribution >= 0.6 is 11.8 Å². The van der Waals surface area contributed by atoms with E-state index in [1.54, 1.807) is 18.0 Å². The first-order valence-corrected chi connectivity index (χ1v) is 7.38. The van der Waals surface area contributed by atoms with E-state index in [1.807, 2.05) is 59.3 Å². The summed E-state index contributed by atoms with van der Waals surface area (Å²) in [6.45, 7) is 0. The molecule has 1 N–H and O–H groups in total. The monoisotopic (exact) mass is 283 g/mol.